The Labute approximate surface area is 148 Å². The van der Waals surface area contributed by atoms with Gasteiger partial charge in [0.1, 0.15) is 17.5 Å². The van der Waals surface area contributed by atoms with Crippen molar-refractivity contribution in [3.8, 4) is 22.5 Å². The van der Waals surface area contributed by atoms with Crippen LogP contribution in [-0.2, 0) is 0 Å². The molecule has 0 aliphatic carbocycles. The van der Waals surface area contributed by atoms with Crippen LogP contribution in [0.15, 0.2) is 60.9 Å². The molecule has 4 aromatic rings. The van der Waals surface area contributed by atoms with Crippen LogP contribution in [0.1, 0.15) is 0 Å². The Bertz CT molecular complexity index is 1080. The maximum Gasteiger partial charge on any atom is 0.163 e. The number of hydrogen-bond donors (Lipinski definition) is 1. The van der Waals surface area contributed by atoms with E-state index in [1.54, 1.807) is 31.6 Å². The Balaban J connectivity index is 1.91. The molecule has 2 aromatic carbocycles. The van der Waals surface area contributed by atoms with Gasteiger partial charge in [0.25, 0.3) is 0 Å². The van der Waals surface area contributed by atoms with Gasteiger partial charge in [-0.1, -0.05) is 6.07 Å². The predicted octanol–water partition coefficient (Wildman–Crippen LogP) is 4.68. The molecule has 128 valence electrons. The van der Waals surface area contributed by atoms with E-state index in [4.69, 9.17) is 0 Å². The first-order valence-electron chi connectivity index (χ1n) is 8.00. The van der Waals surface area contributed by atoms with E-state index in [1.165, 1.54) is 12.1 Å². The second-order valence-corrected chi connectivity index (χ2v) is 5.78. The Kier molecular flexibility index (Phi) is 4.01. The third kappa shape index (κ3) is 2.97. The summed E-state index contributed by atoms with van der Waals surface area (Å²) in [7, 11) is 1.78. The van der Waals surface area contributed by atoms with Gasteiger partial charge in [-0.05, 0) is 47.5 Å². The smallest absolute Gasteiger partial charge is 0.163 e. The number of nitrogens with zero attached hydrogens (tertiary/aromatic N) is 3. The molecule has 26 heavy (non-hydrogen) atoms. The molecule has 0 aliphatic rings. The number of fused-ring (bicyclic) bond motifs is 1. The molecular formula is C20H14F2N4. The lowest BCUT2D eigenvalue weighted by molar-refractivity contribution is 0.584. The van der Waals surface area contributed by atoms with E-state index in [0.29, 0.717) is 28.3 Å². The van der Waals surface area contributed by atoms with Crippen LogP contribution in [-0.4, -0.2) is 22.0 Å². The molecule has 0 unspecified atom stereocenters. The average molecular weight is 348 g/mol. The normalized spacial score (nSPS) is 10.9. The molecule has 0 atom stereocenters. The molecule has 0 radical (unpaired) electrons. The first-order chi connectivity index (χ1) is 12.6. The van der Waals surface area contributed by atoms with Crippen molar-refractivity contribution >= 4 is 16.7 Å². The highest BCUT2D eigenvalue weighted by molar-refractivity contribution is 5.93. The molecule has 0 amide bonds. The molecule has 0 saturated heterocycles. The van der Waals surface area contributed by atoms with Crippen molar-refractivity contribution in [1.29, 1.82) is 0 Å². The van der Waals surface area contributed by atoms with Gasteiger partial charge in [0.05, 0.1) is 5.52 Å². The molecule has 2 heterocycles. The first-order valence-corrected chi connectivity index (χ1v) is 8.00. The summed E-state index contributed by atoms with van der Waals surface area (Å²) in [5.41, 5.74) is 2.59. The molecule has 2 aromatic heterocycles. The Morgan fingerprint density at radius 2 is 1.65 bits per heavy atom. The van der Waals surface area contributed by atoms with E-state index in [9.17, 15) is 8.78 Å². The molecule has 0 aliphatic heterocycles. The molecule has 0 bridgehead atoms. The number of aromatic nitrogens is 3. The number of rotatable bonds is 3. The summed E-state index contributed by atoms with van der Waals surface area (Å²) in [5.74, 6) is -0.0344. The van der Waals surface area contributed by atoms with Crippen molar-refractivity contribution in [3.05, 3.63) is 72.6 Å². The minimum absolute atomic E-state index is 0.456. The van der Waals surface area contributed by atoms with E-state index in [2.05, 4.69) is 20.3 Å². The molecule has 6 heteroatoms. The average Bonchev–Trinajstić information content (AvgIpc) is 2.66. The number of nitrogens with one attached hydrogen (secondary N) is 1. The Hall–Kier alpha value is -3.41. The zero-order chi connectivity index (χ0) is 18.1. The van der Waals surface area contributed by atoms with Crippen LogP contribution in [0.4, 0.5) is 14.6 Å². The van der Waals surface area contributed by atoms with Crippen LogP contribution in [0.3, 0.4) is 0 Å². The largest absolute Gasteiger partial charge is 0.373 e. The lowest BCUT2D eigenvalue weighted by Crippen LogP contribution is -1.99. The monoisotopic (exact) mass is 348 g/mol. The minimum atomic E-state index is -0.616. The van der Waals surface area contributed by atoms with Crippen molar-refractivity contribution < 1.29 is 8.78 Å². The summed E-state index contributed by atoms with van der Waals surface area (Å²) in [5, 5.41) is 3.89. The SMILES string of the molecule is CNc1nc(-c2cccnc2)nc2cc(-c3cc(F)cc(F)c3)ccc12. The van der Waals surface area contributed by atoms with Crippen molar-refractivity contribution in [2.45, 2.75) is 0 Å². The Morgan fingerprint density at radius 1 is 0.846 bits per heavy atom. The zero-order valence-corrected chi connectivity index (χ0v) is 13.9. The number of halogens is 2. The third-order valence-electron chi connectivity index (χ3n) is 4.05. The summed E-state index contributed by atoms with van der Waals surface area (Å²) in [6.45, 7) is 0. The van der Waals surface area contributed by atoms with Gasteiger partial charge >= 0.3 is 0 Å². The molecule has 4 rings (SSSR count). The second-order valence-electron chi connectivity index (χ2n) is 5.78. The van der Waals surface area contributed by atoms with Crippen LogP contribution >= 0.6 is 0 Å². The van der Waals surface area contributed by atoms with Gasteiger partial charge in [-0.15, -0.1) is 0 Å². The fourth-order valence-electron chi connectivity index (χ4n) is 2.84. The van der Waals surface area contributed by atoms with Gasteiger partial charge in [-0.3, -0.25) is 4.98 Å². The third-order valence-corrected chi connectivity index (χ3v) is 4.05. The van der Waals surface area contributed by atoms with Gasteiger partial charge in [0, 0.05) is 36.5 Å². The number of hydrogen-bond acceptors (Lipinski definition) is 4. The number of anilines is 1. The molecule has 4 nitrogen and oxygen atoms in total. The van der Waals surface area contributed by atoms with Crippen molar-refractivity contribution in [3.63, 3.8) is 0 Å². The number of benzene rings is 2. The highest BCUT2D eigenvalue weighted by Gasteiger charge is 2.11. The van der Waals surface area contributed by atoms with E-state index in [0.717, 1.165) is 17.0 Å². The van der Waals surface area contributed by atoms with Gasteiger partial charge in [-0.2, -0.15) is 0 Å². The minimum Gasteiger partial charge on any atom is -0.373 e. The summed E-state index contributed by atoms with van der Waals surface area (Å²) >= 11 is 0. The zero-order valence-electron chi connectivity index (χ0n) is 13.9. The molecule has 0 saturated carbocycles. The maximum absolute atomic E-state index is 13.5. The van der Waals surface area contributed by atoms with Crippen LogP contribution in [0, 0.1) is 11.6 Å². The predicted molar refractivity (Wildman–Crippen MR) is 97.7 cm³/mol. The van der Waals surface area contributed by atoms with E-state index in [-0.39, 0.29) is 0 Å². The van der Waals surface area contributed by atoms with Crippen molar-refractivity contribution in [2.24, 2.45) is 0 Å². The molecular weight excluding hydrogens is 334 g/mol. The van der Waals surface area contributed by atoms with Gasteiger partial charge in [0.2, 0.25) is 0 Å². The van der Waals surface area contributed by atoms with Crippen molar-refractivity contribution in [1.82, 2.24) is 15.0 Å². The van der Waals surface area contributed by atoms with E-state index < -0.39 is 11.6 Å². The highest BCUT2D eigenvalue weighted by Crippen LogP contribution is 2.29. The first kappa shape index (κ1) is 16.1. The van der Waals surface area contributed by atoms with Gasteiger partial charge < -0.3 is 5.32 Å². The fourth-order valence-corrected chi connectivity index (χ4v) is 2.84. The van der Waals surface area contributed by atoms with E-state index >= 15 is 0 Å². The van der Waals surface area contributed by atoms with Gasteiger partial charge in [-0.25, -0.2) is 18.7 Å². The molecule has 0 spiro atoms. The summed E-state index contributed by atoms with van der Waals surface area (Å²) < 4.78 is 27.1. The lowest BCUT2D eigenvalue weighted by Gasteiger charge is -2.10. The maximum atomic E-state index is 13.5. The van der Waals surface area contributed by atoms with Crippen LogP contribution in [0.5, 0.6) is 0 Å². The summed E-state index contributed by atoms with van der Waals surface area (Å²) in [4.78, 5) is 13.2. The molecule has 0 fully saturated rings. The standard InChI is InChI=1S/C20H14F2N4/c1-23-20-17-5-4-12(14-7-15(21)10-16(22)8-14)9-18(17)25-19(26-20)13-3-2-6-24-11-13/h2-11H,1H3,(H,23,25,26). The van der Waals surface area contributed by atoms with Crippen molar-refractivity contribution in [2.75, 3.05) is 12.4 Å². The molecule has 1 N–H and O–H groups in total. The highest BCUT2D eigenvalue weighted by atomic mass is 19.1. The van der Waals surface area contributed by atoms with E-state index in [1.807, 2.05) is 18.2 Å². The fraction of sp³-hybridized carbons (Fsp3) is 0.0500. The summed E-state index contributed by atoms with van der Waals surface area (Å²) in [6.07, 6.45) is 3.37. The van der Waals surface area contributed by atoms with Gasteiger partial charge in [0.15, 0.2) is 5.82 Å². The van der Waals surface area contributed by atoms with Crippen LogP contribution in [0.25, 0.3) is 33.4 Å². The Morgan fingerprint density at radius 3 is 2.35 bits per heavy atom. The topological polar surface area (TPSA) is 50.7 Å². The van der Waals surface area contributed by atoms with Crippen LogP contribution < -0.4 is 5.32 Å². The number of pyridine rings is 1. The second kappa shape index (κ2) is 6.48. The van der Waals surface area contributed by atoms with Crippen LogP contribution in [0.2, 0.25) is 0 Å². The quantitative estimate of drug-likeness (QED) is 0.584. The lowest BCUT2D eigenvalue weighted by atomic mass is 10.0. The summed E-state index contributed by atoms with van der Waals surface area (Å²) in [6, 6.07) is 12.6.